The number of likely N-dealkylation sites (tertiary alicyclic amines) is 1. The van der Waals surface area contributed by atoms with E-state index in [0.717, 1.165) is 12.5 Å². The van der Waals surface area contributed by atoms with Crippen LogP contribution in [-0.2, 0) is 0 Å². The lowest BCUT2D eigenvalue weighted by Gasteiger charge is -2.23. The molecule has 0 amide bonds. The van der Waals surface area contributed by atoms with Crippen molar-refractivity contribution in [2.24, 2.45) is 11.3 Å². The predicted octanol–water partition coefficient (Wildman–Crippen LogP) is 4.35. The van der Waals surface area contributed by atoms with Crippen molar-refractivity contribution in [1.82, 2.24) is 4.90 Å². The molecule has 2 atom stereocenters. The standard InChI is InChI=1S/C18H27N/c1-5-8-16(9-6-2)15(3)12-19-13-17-10-7-11-18(17,4)14-19/h5-6,8-9,17H,1,3,7,10-14H2,2,4H3/b9-6-,16-8+. The molecule has 104 valence electrons. The molecule has 1 aliphatic carbocycles. The van der Waals surface area contributed by atoms with Crippen LogP contribution in [0.3, 0.4) is 0 Å². The Hall–Kier alpha value is -1.08. The molecule has 1 saturated carbocycles. The van der Waals surface area contributed by atoms with Gasteiger partial charge in [0, 0.05) is 19.6 Å². The Balaban J connectivity index is 1.97. The largest absolute Gasteiger partial charge is 0.298 e. The van der Waals surface area contributed by atoms with Crippen LogP contribution >= 0.6 is 0 Å². The first kappa shape index (κ1) is 14.3. The third-order valence-corrected chi connectivity index (χ3v) is 4.82. The molecular formula is C18H27N. The third kappa shape index (κ3) is 3.09. The molecule has 0 aromatic carbocycles. The molecule has 1 aliphatic heterocycles. The Morgan fingerprint density at radius 3 is 2.89 bits per heavy atom. The molecule has 0 aromatic heterocycles. The molecule has 1 heteroatoms. The van der Waals surface area contributed by atoms with Crippen LogP contribution in [0.5, 0.6) is 0 Å². The topological polar surface area (TPSA) is 3.24 Å². The van der Waals surface area contributed by atoms with Crippen LogP contribution < -0.4 is 0 Å². The zero-order valence-corrected chi connectivity index (χ0v) is 12.5. The maximum Gasteiger partial charge on any atom is 0.0234 e. The predicted molar refractivity (Wildman–Crippen MR) is 84.1 cm³/mol. The molecular weight excluding hydrogens is 230 g/mol. The van der Waals surface area contributed by atoms with E-state index in [9.17, 15) is 0 Å². The fourth-order valence-corrected chi connectivity index (χ4v) is 3.79. The van der Waals surface area contributed by atoms with Gasteiger partial charge >= 0.3 is 0 Å². The SMILES string of the molecule is C=C/C=C(\C=C/C)C(=C)CN1CC2CCCC2(C)C1. The number of hydrogen-bond donors (Lipinski definition) is 0. The van der Waals surface area contributed by atoms with E-state index in [4.69, 9.17) is 0 Å². The molecule has 1 heterocycles. The first-order chi connectivity index (χ1) is 9.09. The van der Waals surface area contributed by atoms with Gasteiger partial charge in [-0.1, -0.05) is 50.8 Å². The fourth-order valence-electron chi connectivity index (χ4n) is 3.79. The van der Waals surface area contributed by atoms with Gasteiger partial charge in [0.15, 0.2) is 0 Å². The summed E-state index contributed by atoms with van der Waals surface area (Å²) < 4.78 is 0. The number of allylic oxidation sites excluding steroid dienone is 4. The molecule has 0 N–H and O–H groups in total. The molecule has 0 radical (unpaired) electrons. The van der Waals surface area contributed by atoms with E-state index in [1.54, 1.807) is 0 Å². The molecule has 2 unspecified atom stereocenters. The van der Waals surface area contributed by atoms with Crippen molar-refractivity contribution >= 4 is 0 Å². The zero-order valence-electron chi connectivity index (χ0n) is 12.5. The quantitative estimate of drug-likeness (QED) is 0.662. The van der Waals surface area contributed by atoms with E-state index >= 15 is 0 Å². The average Bonchev–Trinajstić information content (AvgIpc) is 2.83. The second-order valence-electron chi connectivity index (χ2n) is 6.37. The van der Waals surface area contributed by atoms with Crippen molar-refractivity contribution in [3.8, 4) is 0 Å². The summed E-state index contributed by atoms with van der Waals surface area (Å²) in [5, 5.41) is 0. The van der Waals surface area contributed by atoms with Crippen LogP contribution in [0.25, 0.3) is 0 Å². The highest BCUT2D eigenvalue weighted by Gasteiger charge is 2.45. The van der Waals surface area contributed by atoms with Crippen molar-refractivity contribution in [2.75, 3.05) is 19.6 Å². The highest BCUT2D eigenvalue weighted by molar-refractivity contribution is 5.40. The maximum absolute atomic E-state index is 4.26. The minimum absolute atomic E-state index is 0.573. The molecule has 1 saturated heterocycles. The van der Waals surface area contributed by atoms with Gasteiger partial charge in [-0.05, 0) is 42.2 Å². The minimum Gasteiger partial charge on any atom is -0.298 e. The summed E-state index contributed by atoms with van der Waals surface area (Å²) in [7, 11) is 0. The summed E-state index contributed by atoms with van der Waals surface area (Å²) in [6.07, 6.45) is 12.4. The molecule has 2 rings (SSSR count). The van der Waals surface area contributed by atoms with E-state index < -0.39 is 0 Å². The Kier molecular flexibility index (Phi) is 4.46. The normalized spacial score (nSPS) is 31.9. The van der Waals surface area contributed by atoms with Gasteiger partial charge < -0.3 is 0 Å². The Labute approximate surface area is 118 Å². The summed E-state index contributed by atoms with van der Waals surface area (Å²) >= 11 is 0. The van der Waals surface area contributed by atoms with Gasteiger partial charge in [0.05, 0.1) is 0 Å². The first-order valence-corrected chi connectivity index (χ1v) is 7.45. The highest BCUT2D eigenvalue weighted by Crippen LogP contribution is 2.48. The van der Waals surface area contributed by atoms with Crippen molar-refractivity contribution in [1.29, 1.82) is 0 Å². The first-order valence-electron chi connectivity index (χ1n) is 7.45. The van der Waals surface area contributed by atoms with E-state index in [-0.39, 0.29) is 0 Å². The molecule has 2 aliphatic rings. The van der Waals surface area contributed by atoms with Crippen molar-refractivity contribution < 1.29 is 0 Å². The monoisotopic (exact) mass is 257 g/mol. The number of nitrogens with zero attached hydrogens (tertiary/aromatic N) is 1. The lowest BCUT2D eigenvalue weighted by Crippen LogP contribution is -2.26. The van der Waals surface area contributed by atoms with Crippen LogP contribution in [-0.4, -0.2) is 24.5 Å². The van der Waals surface area contributed by atoms with Crippen LogP contribution in [0.4, 0.5) is 0 Å². The van der Waals surface area contributed by atoms with Gasteiger partial charge in [0.25, 0.3) is 0 Å². The number of fused-ring (bicyclic) bond motifs is 1. The summed E-state index contributed by atoms with van der Waals surface area (Å²) in [6, 6.07) is 0. The Bertz CT molecular complexity index is 415. The van der Waals surface area contributed by atoms with E-state index in [2.05, 4.69) is 43.2 Å². The second-order valence-corrected chi connectivity index (χ2v) is 6.37. The summed E-state index contributed by atoms with van der Waals surface area (Å²) in [6.45, 7) is 16.1. The van der Waals surface area contributed by atoms with Gasteiger partial charge in [0.2, 0.25) is 0 Å². The van der Waals surface area contributed by atoms with Crippen LogP contribution in [0.2, 0.25) is 0 Å². The lowest BCUT2D eigenvalue weighted by atomic mass is 9.83. The van der Waals surface area contributed by atoms with Crippen molar-refractivity contribution in [2.45, 2.75) is 33.1 Å². The van der Waals surface area contributed by atoms with Gasteiger partial charge in [-0.3, -0.25) is 4.90 Å². The molecule has 19 heavy (non-hydrogen) atoms. The molecule has 0 spiro atoms. The van der Waals surface area contributed by atoms with Gasteiger partial charge in [-0.15, -0.1) is 0 Å². The lowest BCUT2D eigenvalue weighted by molar-refractivity contribution is 0.277. The summed E-state index contributed by atoms with van der Waals surface area (Å²) in [5.74, 6) is 0.911. The third-order valence-electron chi connectivity index (χ3n) is 4.82. The van der Waals surface area contributed by atoms with Crippen molar-refractivity contribution in [3.05, 3.63) is 48.6 Å². The van der Waals surface area contributed by atoms with Crippen LogP contribution in [0.15, 0.2) is 48.6 Å². The van der Waals surface area contributed by atoms with Gasteiger partial charge in [-0.2, -0.15) is 0 Å². The number of rotatable bonds is 5. The Morgan fingerprint density at radius 1 is 1.47 bits per heavy atom. The van der Waals surface area contributed by atoms with Gasteiger partial charge in [-0.25, -0.2) is 0 Å². The highest BCUT2D eigenvalue weighted by atomic mass is 15.2. The summed E-state index contributed by atoms with van der Waals surface area (Å²) in [5.41, 5.74) is 2.99. The maximum atomic E-state index is 4.26. The summed E-state index contributed by atoms with van der Waals surface area (Å²) in [4.78, 5) is 2.59. The molecule has 1 nitrogen and oxygen atoms in total. The molecule has 0 bridgehead atoms. The van der Waals surface area contributed by atoms with Crippen LogP contribution in [0, 0.1) is 11.3 Å². The number of hydrogen-bond acceptors (Lipinski definition) is 1. The molecule has 0 aromatic rings. The average molecular weight is 257 g/mol. The van der Waals surface area contributed by atoms with E-state index in [0.29, 0.717) is 5.41 Å². The van der Waals surface area contributed by atoms with E-state index in [1.807, 2.05) is 13.0 Å². The fraction of sp³-hybridized carbons (Fsp3) is 0.556. The zero-order chi connectivity index (χ0) is 13.9. The van der Waals surface area contributed by atoms with Gasteiger partial charge in [0.1, 0.15) is 0 Å². The Morgan fingerprint density at radius 2 is 2.26 bits per heavy atom. The molecule has 2 fully saturated rings. The second kappa shape index (κ2) is 5.92. The minimum atomic E-state index is 0.573. The van der Waals surface area contributed by atoms with E-state index in [1.165, 1.54) is 43.5 Å². The smallest absolute Gasteiger partial charge is 0.0234 e. The van der Waals surface area contributed by atoms with Crippen LogP contribution in [0.1, 0.15) is 33.1 Å². The van der Waals surface area contributed by atoms with Crippen molar-refractivity contribution in [3.63, 3.8) is 0 Å².